The van der Waals surface area contributed by atoms with Crippen molar-refractivity contribution in [3.05, 3.63) is 40.1 Å². The molecular formula is C25H27ClNO5-. The van der Waals surface area contributed by atoms with Gasteiger partial charge in [-0.25, -0.2) is 0 Å². The first kappa shape index (κ1) is 22.7. The summed E-state index contributed by atoms with van der Waals surface area (Å²) in [6.07, 6.45) is 2.02. The Labute approximate surface area is 192 Å². The molecule has 7 heteroatoms. The second kappa shape index (κ2) is 7.84. The normalized spacial score (nSPS) is 26.2. The number of fused-ring (bicyclic) bond motifs is 1. The molecule has 1 aromatic rings. The number of aliphatic carboxylic acids is 1. The Kier molecular flexibility index (Phi) is 5.56. The molecule has 1 saturated carbocycles. The van der Waals surface area contributed by atoms with Crippen molar-refractivity contribution in [3.63, 3.8) is 0 Å². The maximum Gasteiger partial charge on any atom is 0.161 e. The Balaban J connectivity index is 1.92. The van der Waals surface area contributed by atoms with Gasteiger partial charge in [-0.1, -0.05) is 39.3 Å². The van der Waals surface area contributed by atoms with Gasteiger partial charge < -0.3 is 14.6 Å². The Morgan fingerprint density at radius 1 is 1.09 bits per heavy atom. The van der Waals surface area contributed by atoms with Gasteiger partial charge in [0, 0.05) is 46.3 Å². The third kappa shape index (κ3) is 4.25. The molecule has 1 heterocycles. The number of rotatable bonds is 4. The predicted octanol–water partition coefficient (Wildman–Crippen LogP) is 3.66. The summed E-state index contributed by atoms with van der Waals surface area (Å²) in [5, 5.41) is 11.4. The molecule has 0 spiro atoms. The SMILES string of the molecule is CC1(C)CC(=O)C2C(=NC3=C(C(=O)CC(C)(C)C3)C2c2cc(Cl)ccc2OCC(=O)[O-])C1. The van der Waals surface area contributed by atoms with Crippen molar-refractivity contribution in [3.8, 4) is 5.75 Å². The van der Waals surface area contributed by atoms with Crippen molar-refractivity contribution in [2.45, 2.75) is 59.3 Å². The van der Waals surface area contributed by atoms with Crippen LogP contribution in [0.3, 0.4) is 0 Å². The molecule has 170 valence electrons. The quantitative estimate of drug-likeness (QED) is 0.688. The number of ether oxygens (including phenoxy) is 1. The van der Waals surface area contributed by atoms with Gasteiger partial charge in [-0.3, -0.25) is 14.6 Å². The number of ketones is 2. The van der Waals surface area contributed by atoms with Crippen LogP contribution in [0, 0.1) is 16.7 Å². The summed E-state index contributed by atoms with van der Waals surface area (Å²) in [6.45, 7) is 7.54. The van der Waals surface area contributed by atoms with E-state index in [-0.39, 0.29) is 28.1 Å². The Morgan fingerprint density at radius 3 is 2.47 bits per heavy atom. The van der Waals surface area contributed by atoms with Crippen LogP contribution in [-0.4, -0.2) is 29.9 Å². The average Bonchev–Trinajstić information content (AvgIpc) is 2.63. The van der Waals surface area contributed by atoms with Gasteiger partial charge in [0.2, 0.25) is 0 Å². The summed E-state index contributed by atoms with van der Waals surface area (Å²) in [7, 11) is 0. The second-order valence-corrected chi connectivity index (χ2v) is 11.1. The van der Waals surface area contributed by atoms with E-state index in [1.165, 1.54) is 0 Å². The van der Waals surface area contributed by atoms with Crippen LogP contribution in [-0.2, 0) is 14.4 Å². The van der Waals surface area contributed by atoms with Crippen LogP contribution >= 0.6 is 11.6 Å². The summed E-state index contributed by atoms with van der Waals surface area (Å²) in [5.41, 5.74) is 2.14. The lowest BCUT2D eigenvalue weighted by atomic mass is 9.60. The number of carbonyl (C=O) groups excluding carboxylic acids is 3. The van der Waals surface area contributed by atoms with Crippen molar-refractivity contribution < 1.29 is 24.2 Å². The summed E-state index contributed by atoms with van der Waals surface area (Å²) < 4.78 is 5.51. The summed E-state index contributed by atoms with van der Waals surface area (Å²) in [6, 6.07) is 4.85. The van der Waals surface area contributed by atoms with E-state index < -0.39 is 24.4 Å². The minimum atomic E-state index is -1.36. The summed E-state index contributed by atoms with van der Waals surface area (Å²) in [4.78, 5) is 42.7. The lowest BCUT2D eigenvalue weighted by Crippen LogP contribution is -2.45. The van der Waals surface area contributed by atoms with Crippen LogP contribution in [0.2, 0.25) is 5.02 Å². The molecule has 1 aliphatic heterocycles. The van der Waals surface area contributed by atoms with E-state index in [1.807, 2.05) is 27.7 Å². The standard InChI is InChI=1S/C25H28ClNO5/c1-24(2)8-15-22(17(28)10-24)21(23-16(27-15)9-25(3,4)11-18(23)29)14-7-13(26)5-6-19(14)32-12-20(30)31/h5-7,21-22H,8-12H2,1-4H3,(H,30,31)/p-1. The number of aliphatic imine (C=N–C) groups is 1. The van der Waals surface area contributed by atoms with Gasteiger partial charge in [0.25, 0.3) is 0 Å². The monoisotopic (exact) mass is 456 g/mol. The van der Waals surface area contributed by atoms with Crippen molar-refractivity contribution in [1.82, 2.24) is 0 Å². The van der Waals surface area contributed by atoms with Gasteiger partial charge >= 0.3 is 0 Å². The first-order chi connectivity index (χ1) is 14.9. The van der Waals surface area contributed by atoms with Crippen molar-refractivity contribution >= 4 is 34.8 Å². The van der Waals surface area contributed by atoms with E-state index in [4.69, 9.17) is 21.3 Å². The highest BCUT2D eigenvalue weighted by atomic mass is 35.5. The minimum absolute atomic E-state index is 0.0278. The van der Waals surface area contributed by atoms with E-state index >= 15 is 0 Å². The van der Waals surface area contributed by atoms with E-state index in [0.717, 1.165) is 11.4 Å². The number of Topliss-reactive ketones (excluding diaryl/α,β-unsaturated/α-hetero) is 2. The van der Waals surface area contributed by atoms with Gasteiger partial charge in [0.1, 0.15) is 18.1 Å². The molecule has 32 heavy (non-hydrogen) atoms. The fourth-order valence-corrected chi connectivity index (χ4v) is 5.56. The van der Waals surface area contributed by atoms with E-state index in [2.05, 4.69) is 0 Å². The highest BCUT2D eigenvalue weighted by molar-refractivity contribution is 6.30. The lowest BCUT2D eigenvalue weighted by molar-refractivity contribution is -0.307. The maximum absolute atomic E-state index is 13.4. The molecule has 0 radical (unpaired) electrons. The van der Waals surface area contributed by atoms with Crippen molar-refractivity contribution in [2.75, 3.05) is 6.61 Å². The van der Waals surface area contributed by atoms with Gasteiger partial charge in [0.05, 0.1) is 11.9 Å². The van der Waals surface area contributed by atoms with E-state index in [1.54, 1.807) is 18.2 Å². The van der Waals surface area contributed by atoms with Crippen LogP contribution < -0.4 is 9.84 Å². The molecule has 6 nitrogen and oxygen atoms in total. The summed E-state index contributed by atoms with van der Waals surface area (Å²) in [5.74, 6) is -2.27. The fourth-order valence-electron chi connectivity index (χ4n) is 5.38. The van der Waals surface area contributed by atoms with Crippen LogP contribution in [0.15, 0.2) is 34.5 Å². The third-order valence-electron chi connectivity index (χ3n) is 6.49. The number of benzene rings is 1. The third-order valence-corrected chi connectivity index (χ3v) is 6.73. The van der Waals surface area contributed by atoms with Gasteiger partial charge in [-0.2, -0.15) is 0 Å². The molecule has 0 amide bonds. The highest BCUT2D eigenvalue weighted by Gasteiger charge is 2.50. The molecule has 1 aromatic carbocycles. The van der Waals surface area contributed by atoms with Crippen LogP contribution in [0.25, 0.3) is 0 Å². The largest absolute Gasteiger partial charge is 0.546 e. The minimum Gasteiger partial charge on any atom is -0.546 e. The Bertz CT molecular complexity index is 1080. The molecule has 4 rings (SSSR count). The van der Waals surface area contributed by atoms with Gasteiger partial charge in [-0.05, 0) is 41.9 Å². The fraction of sp³-hybridized carbons (Fsp3) is 0.520. The van der Waals surface area contributed by atoms with Gasteiger partial charge in [-0.15, -0.1) is 0 Å². The number of allylic oxidation sites excluding steroid dienone is 2. The van der Waals surface area contributed by atoms with Crippen LogP contribution in [0.1, 0.15) is 64.9 Å². The first-order valence-electron chi connectivity index (χ1n) is 10.9. The molecule has 1 fully saturated rings. The molecule has 2 aliphatic carbocycles. The number of carbonyl (C=O) groups is 3. The predicted molar refractivity (Wildman–Crippen MR) is 119 cm³/mol. The lowest BCUT2D eigenvalue weighted by Gasteiger charge is -2.44. The molecular weight excluding hydrogens is 430 g/mol. The number of carboxylic acids is 1. The Morgan fingerprint density at radius 2 is 1.78 bits per heavy atom. The smallest absolute Gasteiger partial charge is 0.161 e. The summed E-state index contributed by atoms with van der Waals surface area (Å²) >= 11 is 6.31. The second-order valence-electron chi connectivity index (χ2n) is 10.7. The first-order valence-corrected chi connectivity index (χ1v) is 11.2. The molecule has 2 atom stereocenters. The van der Waals surface area contributed by atoms with E-state index in [0.29, 0.717) is 41.8 Å². The van der Waals surface area contributed by atoms with Crippen LogP contribution in [0.4, 0.5) is 0 Å². The zero-order valence-electron chi connectivity index (χ0n) is 18.8. The molecule has 3 aliphatic rings. The number of hydrogen-bond acceptors (Lipinski definition) is 6. The zero-order valence-corrected chi connectivity index (χ0v) is 19.5. The zero-order chi connectivity index (χ0) is 23.4. The molecule has 0 N–H and O–H groups in total. The highest BCUT2D eigenvalue weighted by Crippen LogP contribution is 2.53. The van der Waals surface area contributed by atoms with Crippen molar-refractivity contribution in [1.29, 1.82) is 0 Å². The molecule has 0 aromatic heterocycles. The number of nitrogens with zero attached hydrogens (tertiary/aromatic N) is 1. The van der Waals surface area contributed by atoms with E-state index in [9.17, 15) is 19.5 Å². The average molecular weight is 457 g/mol. The maximum atomic E-state index is 13.4. The number of hydrogen-bond donors (Lipinski definition) is 0. The number of halogens is 1. The van der Waals surface area contributed by atoms with Gasteiger partial charge in [0.15, 0.2) is 5.78 Å². The molecule has 0 saturated heterocycles. The topological polar surface area (TPSA) is 95.9 Å². The molecule has 0 bridgehead atoms. The van der Waals surface area contributed by atoms with Crippen molar-refractivity contribution in [2.24, 2.45) is 21.7 Å². The molecule has 2 unspecified atom stereocenters. The Hall–Kier alpha value is -2.47. The number of carboxylic acid groups (broad SMARTS) is 1. The van der Waals surface area contributed by atoms with Crippen LogP contribution in [0.5, 0.6) is 5.75 Å².